The van der Waals surface area contributed by atoms with Gasteiger partial charge < -0.3 is 23.7 Å². The topological polar surface area (TPSA) is 114 Å². The average Bonchev–Trinajstić information content (AvgIpc) is 3.16. The molecule has 0 heterocycles. The van der Waals surface area contributed by atoms with Gasteiger partial charge in [-0.1, -0.05) is 109 Å². The maximum Gasteiger partial charge on any atom is 0.348 e. The number of rotatable bonds is 23. The lowest BCUT2D eigenvalue weighted by Gasteiger charge is -2.17. The Balaban J connectivity index is 1.39. The van der Waals surface area contributed by atoms with E-state index < -0.39 is 36.1 Å². The van der Waals surface area contributed by atoms with Crippen LogP contribution in [0.2, 0.25) is 0 Å². The lowest BCUT2D eigenvalue weighted by atomic mass is 10.0. The molecule has 3 aromatic rings. The SMILES string of the molecule is CCCCCCCCCCCCOc1ccc(C(=O)Oc2ccc(-c3ccc(C(=O)OC(C)C(=O)OC(C)C(=O)OCC(C)CC)cc3)cc2)cc1. The van der Waals surface area contributed by atoms with Gasteiger partial charge in [0.05, 0.1) is 24.3 Å². The predicted octanol–water partition coefficient (Wildman–Crippen LogP) is 9.94. The highest BCUT2D eigenvalue weighted by Gasteiger charge is 2.26. The van der Waals surface area contributed by atoms with Crippen molar-refractivity contribution in [2.45, 2.75) is 117 Å². The Morgan fingerprint density at radius 2 is 1.02 bits per heavy atom. The van der Waals surface area contributed by atoms with Crippen LogP contribution in [0, 0.1) is 5.92 Å². The van der Waals surface area contributed by atoms with E-state index in [-0.39, 0.29) is 18.1 Å². The Labute approximate surface area is 309 Å². The molecular formula is C43H56O9. The second kappa shape index (κ2) is 23.0. The van der Waals surface area contributed by atoms with Crippen molar-refractivity contribution in [1.29, 1.82) is 0 Å². The summed E-state index contributed by atoms with van der Waals surface area (Å²) in [6.45, 7) is 9.87. The molecule has 0 saturated heterocycles. The molecule has 0 N–H and O–H groups in total. The third-order valence-corrected chi connectivity index (χ3v) is 8.82. The molecule has 3 unspecified atom stereocenters. The van der Waals surface area contributed by atoms with E-state index in [1.54, 1.807) is 60.7 Å². The third-order valence-electron chi connectivity index (χ3n) is 8.82. The van der Waals surface area contributed by atoms with Gasteiger partial charge in [-0.15, -0.1) is 0 Å². The van der Waals surface area contributed by atoms with Crippen LogP contribution in [0.5, 0.6) is 11.5 Å². The quantitative estimate of drug-likeness (QED) is 0.0409. The molecule has 0 bridgehead atoms. The van der Waals surface area contributed by atoms with Crippen LogP contribution in [0.4, 0.5) is 0 Å². The smallest absolute Gasteiger partial charge is 0.348 e. The number of ether oxygens (including phenoxy) is 5. The van der Waals surface area contributed by atoms with Crippen molar-refractivity contribution in [3.8, 4) is 22.6 Å². The third kappa shape index (κ3) is 14.9. The summed E-state index contributed by atoms with van der Waals surface area (Å²) in [6.07, 6.45) is 11.3. The summed E-state index contributed by atoms with van der Waals surface area (Å²) in [5.74, 6) is -1.35. The fourth-order valence-electron chi connectivity index (χ4n) is 5.20. The molecule has 3 rings (SSSR count). The summed E-state index contributed by atoms with van der Waals surface area (Å²) in [5.41, 5.74) is 2.33. The first-order valence-electron chi connectivity index (χ1n) is 18.8. The van der Waals surface area contributed by atoms with Crippen molar-refractivity contribution in [2.24, 2.45) is 5.92 Å². The standard InChI is InChI=1S/C43H56O9/c1-6-8-9-10-11-12-13-14-15-16-29-48-38-25-23-37(24-26-38)43(47)52-39-27-21-35(22-28-39)34-17-19-36(20-18-34)42(46)51-33(5)41(45)50-32(4)40(44)49-30-31(3)7-2/h17-28,31-33H,6-16,29-30H2,1-5H3. The molecule has 0 radical (unpaired) electrons. The van der Waals surface area contributed by atoms with Crippen LogP contribution in [0.25, 0.3) is 11.1 Å². The highest BCUT2D eigenvalue weighted by molar-refractivity contribution is 5.92. The number of esters is 4. The van der Waals surface area contributed by atoms with Gasteiger partial charge in [0, 0.05) is 0 Å². The molecular weight excluding hydrogens is 660 g/mol. The van der Waals surface area contributed by atoms with Gasteiger partial charge in [0.2, 0.25) is 0 Å². The van der Waals surface area contributed by atoms with E-state index in [4.69, 9.17) is 23.7 Å². The van der Waals surface area contributed by atoms with Gasteiger partial charge in [-0.25, -0.2) is 19.2 Å². The zero-order chi connectivity index (χ0) is 37.7. The van der Waals surface area contributed by atoms with Crippen molar-refractivity contribution in [3.63, 3.8) is 0 Å². The molecule has 0 aliphatic carbocycles. The fourth-order valence-corrected chi connectivity index (χ4v) is 5.20. The van der Waals surface area contributed by atoms with E-state index in [2.05, 4.69) is 6.92 Å². The van der Waals surface area contributed by atoms with Crippen LogP contribution < -0.4 is 9.47 Å². The molecule has 0 saturated carbocycles. The number of carbonyl (C=O) groups excluding carboxylic acids is 4. The van der Waals surface area contributed by atoms with Crippen LogP contribution in [-0.2, 0) is 23.8 Å². The van der Waals surface area contributed by atoms with Gasteiger partial charge in [-0.05, 0) is 85.8 Å². The van der Waals surface area contributed by atoms with Gasteiger partial charge in [0.25, 0.3) is 0 Å². The Morgan fingerprint density at radius 3 is 1.60 bits per heavy atom. The molecule has 0 fully saturated rings. The Hall–Kier alpha value is -4.66. The first-order chi connectivity index (χ1) is 25.1. The van der Waals surface area contributed by atoms with Gasteiger partial charge >= 0.3 is 23.9 Å². The summed E-state index contributed by atoms with van der Waals surface area (Å²) in [7, 11) is 0. The van der Waals surface area contributed by atoms with Crippen molar-refractivity contribution >= 4 is 23.9 Å². The van der Waals surface area contributed by atoms with Crippen LogP contribution in [-0.4, -0.2) is 49.3 Å². The Bertz CT molecular complexity index is 1510. The largest absolute Gasteiger partial charge is 0.494 e. The number of benzene rings is 3. The van der Waals surface area contributed by atoms with E-state index >= 15 is 0 Å². The Morgan fingerprint density at radius 1 is 0.538 bits per heavy atom. The minimum absolute atomic E-state index is 0.196. The molecule has 52 heavy (non-hydrogen) atoms. The lowest BCUT2D eigenvalue weighted by Crippen LogP contribution is -2.33. The Kier molecular flexibility index (Phi) is 18.5. The molecule has 0 aromatic heterocycles. The molecule has 0 spiro atoms. The molecule has 282 valence electrons. The molecule has 3 aromatic carbocycles. The van der Waals surface area contributed by atoms with Crippen LogP contribution >= 0.6 is 0 Å². The minimum Gasteiger partial charge on any atom is -0.494 e. The molecule has 0 aliphatic rings. The summed E-state index contributed by atoms with van der Waals surface area (Å²) >= 11 is 0. The summed E-state index contributed by atoms with van der Waals surface area (Å²) in [4.78, 5) is 49.9. The van der Waals surface area contributed by atoms with Gasteiger partial charge in [0.15, 0.2) is 12.2 Å². The highest BCUT2D eigenvalue weighted by atomic mass is 16.6. The number of unbranched alkanes of at least 4 members (excludes halogenated alkanes) is 9. The van der Waals surface area contributed by atoms with E-state index in [1.165, 1.54) is 65.2 Å². The monoisotopic (exact) mass is 716 g/mol. The first kappa shape index (κ1) is 41.8. The zero-order valence-corrected chi connectivity index (χ0v) is 31.5. The van der Waals surface area contributed by atoms with Gasteiger partial charge in [-0.2, -0.15) is 0 Å². The number of hydrogen-bond donors (Lipinski definition) is 0. The van der Waals surface area contributed by atoms with Crippen LogP contribution in [0.1, 0.15) is 126 Å². The first-order valence-corrected chi connectivity index (χ1v) is 18.8. The zero-order valence-electron chi connectivity index (χ0n) is 31.5. The second-order valence-electron chi connectivity index (χ2n) is 13.3. The maximum absolute atomic E-state index is 12.7. The van der Waals surface area contributed by atoms with E-state index in [9.17, 15) is 19.2 Å². The molecule has 0 amide bonds. The summed E-state index contributed by atoms with van der Waals surface area (Å²) in [6, 6.07) is 20.7. The lowest BCUT2D eigenvalue weighted by molar-refractivity contribution is -0.172. The molecule has 0 aliphatic heterocycles. The minimum atomic E-state index is -1.22. The summed E-state index contributed by atoms with van der Waals surface area (Å²) < 4.78 is 27.0. The van der Waals surface area contributed by atoms with Crippen molar-refractivity contribution in [1.82, 2.24) is 0 Å². The van der Waals surface area contributed by atoms with E-state index in [1.807, 2.05) is 26.0 Å². The molecule has 9 heteroatoms. The second-order valence-corrected chi connectivity index (χ2v) is 13.3. The fraction of sp³-hybridized carbons (Fsp3) is 0.488. The van der Waals surface area contributed by atoms with Crippen LogP contribution in [0.3, 0.4) is 0 Å². The molecule has 9 nitrogen and oxygen atoms in total. The van der Waals surface area contributed by atoms with E-state index in [0.29, 0.717) is 17.9 Å². The van der Waals surface area contributed by atoms with Gasteiger partial charge in [0.1, 0.15) is 11.5 Å². The number of carbonyl (C=O) groups is 4. The predicted molar refractivity (Wildman–Crippen MR) is 201 cm³/mol. The highest BCUT2D eigenvalue weighted by Crippen LogP contribution is 2.24. The average molecular weight is 717 g/mol. The molecule has 3 atom stereocenters. The maximum atomic E-state index is 12.7. The van der Waals surface area contributed by atoms with E-state index in [0.717, 1.165) is 36.1 Å². The van der Waals surface area contributed by atoms with Gasteiger partial charge in [-0.3, -0.25) is 0 Å². The normalized spacial score (nSPS) is 12.6. The van der Waals surface area contributed by atoms with Crippen molar-refractivity contribution in [2.75, 3.05) is 13.2 Å². The van der Waals surface area contributed by atoms with Crippen LogP contribution in [0.15, 0.2) is 72.8 Å². The van der Waals surface area contributed by atoms with Crippen molar-refractivity contribution in [3.05, 3.63) is 83.9 Å². The van der Waals surface area contributed by atoms with Crippen molar-refractivity contribution < 1.29 is 42.9 Å². The summed E-state index contributed by atoms with van der Waals surface area (Å²) in [5, 5.41) is 0. The number of hydrogen-bond acceptors (Lipinski definition) is 9.